The minimum atomic E-state index is 0.552. The molecule has 0 amide bonds. The smallest absolute Gasteiger partial charge is 0.120 e. The average Bonchev–Trinajstić information content (AvgIpc) is 2.77. The molecule has 0 spiro atoms. The highest BCUT2D eigenvalue weighted by Crippen LogP contribution is 2.29. The van der Waals surface area contributed by atoms with Gasteiger partial charge in [0.2, 0.25) is 0 Å². The number of unbranched alkanes of at least 4 members (excludes halogenated alkanes) is 1. The fourth-order valence-electron chi connectivity index (χ4n) is 2.75. The molecule has 3 nitrogen and oxygen atoms in total. The second-order valence-electron chi connectivity index (χ2n) is 5.48. The Balaban J connectivity index is 1.91. The summed E-state index contributed by atoms with van der Waals surface area (Å²) in [6, 6.07) is 6.95. The molecule has 0 saturated heterocycles. The summed E-state index contributed by atoms with van der Waals surface area (Å²) in [5, 5.41) is 4.82. The maximum absolute atomic E-state index is 5.81. The van der Waals surface area contributed by atoms with Crippen LogP contribution in [0, 0.1) is 0 Å². The normalized spacial score (nSPS) is 18.5. The number of hydrogen-bond donors (Lipinski definition) is 2. The van der Waals surface area contributed by atoms with Gasteiger partial charge in [0, 0.05) is 29.2 Å². The molecular formula is C16H22N2O. The monoisotopic (exact) mass is 258 g/mol. The van der Waals surface area contributed by atoms with Gasteiger partial charge in [-0.3, -0.25) is 0 Å². The van der Waals surface area contributed by atoms with E-state index in [1.165, 1.54) is 28.6 Å². The first-order chi connectivity index (χ1) is 9.28. The van der Waals surface area contributed by atoms with Crippen LogP contribution in [0.2, 0.25) is 0 Å². The molecule has 0 aliphatic carbocycles. The van der Waals surface area contributed by atoms with Gasteiger partial charge < -0.3 is 15.0 Å². The number of rotatable bonds is 4. The molecule has 2 N–H and O–H groups in total. The summed E-state index contributed by atoms with van der Waals surface area (Å²) in [6.45, 7) is 6.18. The molecule has 0 saturated carbocycles. The molecule has 1 atom stereocenters. The minimum Gasteiger partial charge on any atom is -0.494 e. The first kappa shape index (κ1) is 12.5. The molecule has 1 aromatic carbocycles. The highest BCUT2D eigenvalue weighted by atomic mass is 16.5. The first-order valence-electron chi connectivity index (χ1n) is 7.27. The van der Waals surface area contributed by atoms with E-state index in [4.69, 9.17) is 4.74 Å². The van der Waals surface area contributed by atoms with Gasteiger partial charge in [-0.15, -0.1) is 0 Å². The van der Waals surface area contributed by atoms with Gasteiger partial charge in [-0.25, -0.2) is 0 Å². The maximum atomic E-state index is 5.81. The van der Waals surface area contributed by atoms with Crippen LogP contribution in [-0.4, -0.2) is 17.6 Å². The van der Waals surface area contributed by atoms with Crippen molar-refractivity contribution in [2.24, 2.45) is 0 Å². The zero-order valence-corrected chi connectivity index (χ0v) is 11.8. The summed E-state index contributed by atoms with van der Waals surface area (Å²) < 4.78 is 5.81. The highest BCUT2D eigenvalue weighted by molar-refractivity contribution is 5.86. The summed E-state index contributed by atoms with van der Waals surface area (Å²) in [6.07, 6.45) is 3.38. The number of aromatic amines is 1. The topological polar surface area (TPSA) is 37.0 Å². The van der Waals surface area contributed by atoms with E-state index >= 15 is 0 Å². The van der Waals surface area contributed by atoms with Crippen LogP contribution in [0.25, 0.3) is 10.9 Å². The van der Waals surface area contributed by atoms with Gasteiger partial charge in [-0.05, 0) is 43.5 Å². The van der Waals surface area contributed by atoms with Gasteiger partial charge in [-0.1, -0.05) is 13.3 Å². The lowest BCUT2D eigenvalue weighted by Gasteiger charge is -2.20. The van der Waals surface area contributed by atoms with E-state index in [2.05, 4.69) is 42.3 Å². The highest BCUT2D eigenvalue weighted by Gasteiger charge is 2.19. The Hall–Kier alpha value is -1.48. The summed E-state index contributed by atoms with van der Waals surface area (Å²) in [7, 11) is 0. The Morgan fingerprint density at radius 2 is 2.26 bits per heavy atom. The van der Waals surface area contributed by atoms with Crippen LogP contribution in [0.15, 0.2) is 18.2 Å². The molecule has 19 heavy (non-hydrogen) atoms. The molecule has 2 aromatic rings. The maximum Gasteiger partial charge on any atom is 0.120 e. The lowest BCUT2D eigenvalue weighted by atomic mass is 9.99. The van der Waals surface area contributed by atoms with Crippen LogP contribution in [0.3, 0.4) is 0 Å². The van der Waals surface area contributed by atoms with E-state index in [1.54, 1.807) is 0 Å². The van der Waals surface area contributed by atoms with E-state index in [9.17, 15) is 0 Å². The third-order valence-electron chi connectivity index (χ3n) is 3.87. The van der Waals surface area contributed by atoms with Crippen molar-refractivity contribution in [3.05, 3.63) is 29.5 Å². The molecule has 1 unspecified atom stereocenters. The van der Waals surface area contributed by atoms with Crippen molar-refractivity contribution in [3.8, 4) is 5.75 Å². The molecule has 1 aromatic heterocycles. The van der Waals surface area contributed by atoms with Crippen LogP contribution >= 0.6 is 0 Å². The molecule has 3 rings (SSSR count). The molecule has 3 heteroatoms. The van der Waals surface area contributed by atoms with Gasteiger partial charge in [-0.2, -0.15) is 0 Å². The van der Waals surface area contributed by atoms with Crippen LogP contribution in [0.4, 0.5) is 0 Å². The average molecular weight is 258 g/mol. The number of aromatic nitrogens is 1. The van der Waals surface area contributed by atoms with Crippen molar-refractivity contribution in [1.82, 2.24) is 10.3 Å². The molecule has 102 valence electrons. The second kappa shape index (κ2) is 5.25. The largest absolute Gasteiger partial charge is 0.494 e. The molecule has 1 aliphatic heterocycles. The fraction of sp³-hybridized carbons (Fsp3) is 0.500. The predicted octanol–water partition coefficient (Wildman–Crippen LogP) is 3.38. The quantitative estimate of drug-likeness (QED) is 0.825. The van der Waals surface area contributed by atoms with Gasteiger partial charge in [0.15, 0.2) is 0 Å². The third kappa shape index (κ3) is 2.47. The van der Waals surface area contributed by atoms with Gasteiger partial charge >= 0.3 is 0 Å². The zero-order chi connectivity index (χ0) is 13.2. The molecule has 1 aliphatic rings. The minimum absolute atomic E-state index is 0.552. The number of ether oxygens (including phenoxy) is 1. The lowest BCUT2D eigenvalue weighted by Crippen LogP contribution is -2.32. The molecular weight excluding hydrogens is 236 g/mol. The Labute approximate surface area is 114 Å². The van der Waals surface area contributed by atoms with Gasteiger partial charge in [0.05, 0.1) is 6.61 Å². The standard InChI is InChI=1S/C16H22N2O/c1-3-4-7-19-12-5-6-15-14(9-12)13-8-11(2)17-10-16(13)18-15/h5-6,9,11,17-18H,3-4,7-8,10H2,1-2H3. The van der Waals surface area contributed by atoms with Crippen LogP contribution in [-0.2, 0) is 13.0 Å². The van der Waals surface area contributed by atoms with Crippen molar-refractivity contribution in [3.63, 3.8) is 0 Å². The molecule has 0 fully saturated rings. The van der Waals surface area contributed by atoms with E-state index in [0.29, 0.717) is 6.04 Å². The SMILES string of the molecule is CCCCOc1ccc2[nH]c3c(c2c1)CC(C)NC3. The number of fused-ring (bicyclic) bond motifs is 3. The molecule has 0 radical (unpaired) electrons. The third-order valence-corrected chi connectivity index (χ3v) is 3.87. The van der Waals surface area contributed by atoms with E-state index in [-0.39, 0.29) is 0 Å². The zero-order valence-electron chi connectivity index (χ0n) is 11.8. The Morgan fingerprint density at radius 3 is 3.11 bits per heavy atom. The van der Waals surface area contributed by atoms with Gasteiger partial charge in [0.25, 0.3) is 0 Å². The predicted molar refractivity (Wildman–Crippen MR) is 78.7 cm³/mol. The van der Waals surface area contributed by atoms with Crippen molar-refractivity contribution in [2.75, 3.05) is 6.61 Å². The summed E-state index contributed by atoms with van der Waals surface area (Å²) >= 11 is 0. The Bertz CT molecular complexity index is 573. The molecule has 0 bridgehead atoms. The Morgan fingerprint density at radius 1 is 1.37 bits per heavy atom. The van der Waals surface area contributed by atoms with Crippen molar-refractivity contribution in [2.45, 2.75) is 45.7 Å². The van der Waals surface area contributed by atoms with E-state index < -0.39 is 0 Å². The van der Waals surface area contributed by atoms with Crippen LogP contribution in [0.1, 0.15) is 37.9 Å². The van der Waals surface area contributed by atoms with Crippen molar-refractivity contribution in [1.29, 1.82) is 0 Å². The van der Waals surface area contributed by atoms with Crippen molar-refractivity contribution >= 4 is 10.9 Å². The number of nitrogens with one attached hydrogen (secondary N) is 2. The second-order valence-corrected chi connectivity index (χ2v) is 5.48. The fourth-order valence-corrected chi connectivity index (χ4v) is 2.75. The summed E-state index contributed by atoms with van der Waals surface area (Å²) in [4.78, 5) is 3.51. The van der Waals surface area contributed by atoms with Crippen LogP contribution in [0.5, 0.6) is 5.75 Å². The van der Waals surface area contributed by atoms with E-state index in [0.717, 1.165) is 31.7 Å². The number of hydrogen-bond acceptors (Lipinski definition) is 2. The molecule has 2 heterocycles. The lowest BCUT2D eigenvalue weighted by molar-refractivity contribution is 0.310. The van der Waals surface area contributed by atoms with E-state index in [1.807, 2.05) is 0 Å². The van der Waals surface area contributed by atoms with Gasteiger partial charge in [0.1, 0.15) is 5.75 Å². The summed E-state index contributed by atoms with van der Waals surface area (Å²) in [5.41, 5.74) is 4.02. The first-order valence-corrected chi connectivity index (χ1v) is 7.27. The van der Waals surface area contributed by atoms with Crippen LogP contribution < -0.4 is 10.1 Å². The van der Waals surface area contributed by atoms with Crippen molar-refractivity contribution < 1.29 is 4.74 Å². The Kier molecular flexibility index (Phi) is 3.47. The number of benzene rings is 1. The summed E-state index contributed by atoms with van der Waals surface area (Å²) in [5.74, 6) is 0.994. The number of H-pyrrole nitrogens is 1.